The van der Waals surface area contributed by atoms with Crippen LogP contribution in [0.5, 0.6) is 0 Å². The number of likely N-dealkylation sites (N-methyl/N-ethyl adjacent to an activating group) is 1. The molecule has 1 N–H and O–H groups in total. The number of hydrogen-bond acceptors (Lipinski definition) is 4. The van der Waals surface area contributed by atoms with E-state index in [1.807, 2.05) is 0 Å². The number of rotatable bonds is 5. The molecule has 2 aliphatic heterocycles. The Balaban J connectivity index is 1.73. The minimum atomic E-state index is 0.237. The predicted octanol–water partition coefficient (Wildman–Crippen LogP) is 1.48. The Morgan fingerprint density at radius 2 is 1.67 bits per heavy atom. The van der Waals surface area contributed by atoms with E-state index in [2.05, 4.69) is 47.8 Å². The summed E-state index contributed by atoms with van der Waals surface area (Å²) in [4.78, 5) is 7.82. The van der Waals surface area contributed by atoms with Gasteiger partial charge in [0, 0.05) is 57.4 Å². The van der Waals surface area contributed by atoms with Gasteiger partial charge in [-0.1, -0.05) is 6.42 Å². The molecule has 0 aromatic rings. The summed E-state index contributed by atoms with van der Waals surface area (Å²) < 4.78 is 0. The molecule has 0 saturated carbocycles. The van der Waals surface area contributed by atoms with Crippen molar-refractivity contribution in [3.05, 3.63) is 0 Å². The van der Waals surface area contributed by atoms with Gasteiger partial charge in [-0.3, -0.25) is 9.80 Å². The maximum atomic E-state index is 3.70. The Labute approximate surface area is 131 Å². The number of likely N-dealkylation sites (tertiary alicyclic amines) is 1. The lowest BCUT2D eigenvalue weighted by atomic mass is 10.0. The highest BCUT2D eigenvalue weighted by molar-refractivity contribution is 4.83. The molecule has 4 nitrogen and oxygen atoms in total. The molecule has 0 aliphatic carbocycles. The van der Waals surface area contributed by atoms with Gasteiger partial charge >= 0.3 is 0 Å². The molecule has 2 heterocycles. The first kappa shape index (κ1) is 17.2. The molecule has 0 aromatic carbocycles. The highest BCUT2D eigenvalue weighted by atomic mass is 15.3. The summed E-state index contributed by atoms with van der Waals surface area (Å²) >= 11 is 0. The minimum Gasteiger partial charge on any atom is -0.311 e. The Kier molecular flexibility index (Phi) is 6.48. The van der Waals surface area contributed by atoms with Crippen molar-refractivity contribution in [1.82, 2.24) is 20.0 Å². The number of nitrogens with zero attached hydrogens (tertiary/aromatic N) is 3. The summed E-state index contributed by atoms with van der Waals surface area (Å²) in [6, 6.07) is 0.741. The summed E-state index contributed by atoms with van der Waals surface area (Å²) in [5.41, 5.74) is 0.237. The monoisotopic (exact) mass is 296 g/mol. The van der Waals surface area contributed by atoms with Crippen molar-refractivity contribution in [2.24, 2.45) is 0 Å². The van der Waals surface area contributed by atoms with Gasteiger partial charge in [-0.05, 0) is 47.2 Å². The number of piperazine rings is 1. The molecule has 0 aromatic heterocycles. The van der Waals surface area contributed by atoms with E-state index in [1.54, 1.807) is 0 Å². The van der Waals surface area contributed by atoms with Crippen LogP contribution in [0.1, 0.15) is 40.0 Å². The number of nitrogens with one attached hydrogen (secondary N) is 1. The van der Waals surface area contributed by atoms with Crippen molar-refractivity contribution in [1.29, 1.82) is 0 Å². The minimum absolute atomic E-state index is 0.237. The highest BCUT2D eigenvalue weighted by Gasteiger charge is 2.24. The Bertz CT molecular complexity index is 292. The molecule has 0 spiro atoms. The van der Waals surface area contributed by atoms with E-state index in [9.17, 15) is 0 Å². The normalized spacial score (nSPS) is 27.1. The molecule has 2 rings (SSSR count). The SMILES string of the molecule is CN1CCN(CCN2CCCCC2CNC(C)(C)C)CC1. The Morgan fingerprint density at radius 3 is 2.33 bits per heavy atom. The Morgan fingerprint density at radius 1 is 0.952 bits per heavy atom. The molecule has 21 heavy (non-hydrogen) atoms. The molecule has 2 aliphatic rings. The Hall–Kier alpha value is -0.160. The van der Waals surface area contributed by atoms with Gasteiger partial charge in [0.2, 0.25) is 0 Å². The van der Waals surface area contributed by atoms with E-state index in [0.29, 0.717) is 0 Å². The topological polar surface area (TPSA) is 21.8 Å². The first-order valence-electron chi connectivity index (χ1n) is 8.84. The van der Waals surface area contributed by atoms with Crippen LogP contribution in [-0.4, -0.2) is 85.7 Å². The standard InChI is InChI=1S/C17H36N4/c1-17(2,3)18-15-16-7-5-6-8-21(16)14-13-20-11-9-19(4)10-12-20/h16,18H,5-15H2,1-4H3. The van der Waals surface area contributed by atoms with Crippen LogP contribution in [0.4, 0.5) is 0 Å². The third-order valence-corrected chi connectivity index (χ3v) is 4.92. The first-order chi connectivity index (χ1) is 9.94. The van der Waals surface area contributed by atoms with Gasteiger partial charge in [-0.25, -0.2) is 0 Å². The molecule has 1 unspecified atom stereocenters. The summed E-state index contributed by atoms with van der Waals surface area (Å²) in [5, 5.41) is 3.70. The zero-order valence-corrected chi connectivity index (χ0v) is 14.7. The van der Waals surface area contributed by atoms with Gasteiger partial charge in [0.25, 0.3) is 0 Å². The van der Waals surface area contributed by atoms with Crippen LogP contribution in [-0.2, 0) is 0 Å². The van der Waals surface area contributed by atoms with Gasteiger partial charge in [0.05, 0.1) is 0 Å². The molecule has 2 fully saturated rings. The van der Waals surface area contributed by atoms with Crippen LogP contribution in [0, 0.1) is 0 Å². The van der Waals surface area contributed by atoms with E-state index < -0.39 is 0 Å². The van der Waals surface area contributed by atoms with E-state index in [-0.39, 0.29) is 5.54 Å². The third-order valence-electron chi connectivity index (χ3n) is 4.92. The van der Waals surface area contributed by atoms with Crippen LogP contribution in [0.3, 0.4) is 0 Å². The van der Waals surface area contributed by atoms with Crippen LogP contribution < -0.4 is 5.32 Å². The highest BCUT2D eigenvalue weighted by Crippen LogP contribution is 2.17. The van der Waals surface area contributed by atoms with Crippen molar-refractivity contribution in [3.63, 3.8) is 0 Å². The van der Waals surface area contributed by atoms with Crippen molar-refractivity contribution in [3.8, 4) is 0 Å². The molecule has 4 heteroatoms. The van der Waals surface area contributed by atoms with Gasteiger partial charge in [-0.15, -0.1) is 0 Å². The van der Waals surface area contributed by atoms with Gasteiger partial charge in [-0.2, -0.15) is 0 Å². The number of piperidine rings is 1. The van der Waals surface area contributed by atoms with Crippen LogP contribution in [0.2, 0.25) is 0 Å². The molecule has 0 bridgehead atoms. The summed E-state index contributed by atoms with van der Waals surface area (Å²) in [6.07, 6.45) is 4.15. The van der Waals surface area contributed by atoms with Crippen LogP contribution in [0.15, 0.2) is 0 Å². The van der Waals surface area contributed by atoms with Crippen molar-refractivity contribution < 1.29 is 0 Å². The second-order valence-corrected chi connectivity index (χ2v) is 7.96. The van der Waals surface area contributed by atoms with Gasteiger partial charge in [0.1, 0.15) is 0 Å². The van der Waals surface area contributed by atoms with Crippen molar-refractivity contribution >= 4 is 0 Å². The lowest BCUT2D eigenvalue weighted by molar-refractivity contribution is 0.0983. The fraction of sp³-hybridized carbons (Fsp3) is 1.00. The second kappa shape index (κ2) is 7.91. The quantitative estimate of drug-likeness (QED) is 0.829. The molecular weight excluding hydrogens is 260 g/mol. The lowest BCUT2D eigenvalue weighted by Crippen LogP contribution is -2.52. The third kappa shape index (κ3) is 6.23. The van der Waals surface area contributed by atoms with Gasteiger partial charge < -0.3 is 10.2 Å². The van der Waals surface area contributed by atoms with Crippen LogP contribution >= 0.6 is 0 Å². The molecule has 1 atom stereocenters. The van der Waals surface area contributed by atoms with E-state index in [1.165, 1.54) is 65.1 Å². The molecule has 2 saturated heterocycles. The van der Waals surface area contributed by atoms with E-state index in [4.69, 9.17) is 0 Å². The summed E-state index contributed by atoms with van der Waals surface area (Å²) in [6.45, 7) is 16.7. The summed E-state index contributed by atoms with van der Waals surface area (Å²) in [7, 11) is 2.23. The largest absolute Gasteiger partial charge is 0.311 e. The smallest absolute Gasteiger partial charge is 0.0221 e. The summed E-state index contributed by atoms with van der Waals surface area (Å²) in [5.74, 6) is 0. The van der Waals surface area contributed by atoms with Crippen LogP contribution in [0.25, 0.3) is 0 Å². The zero-order chi connectivity index (χ0) is 15.3. The van der Waals surface area contributed by atoms with E-state index >= 15 is 0 Å². The lowest BCUT2D eigenvalue weighted by Gasteiger charge is -2.39. The predicted molar refractivity (Wildman–Crippen MR) is 90.9 cm³/mol. The van der Waals surface area contributed by atoms with Crippen molar-refractivity contribution in [2.75, 3.05) is 59.4 Å². The van der Waals surface area contributed by atoms with Crippen molar-refractivity contribution in [2.45, 2.75) is 51.6 Å². The molecular formula is C17H36N4. The zero-order valence-electron chi connectivity index (χ0n) is 14.7. The second-order valence-electron chi connectivity index (χ2n) is 7.96. The maximum absolute atomic E-state index is 3.70. The maximum Gasteiger partial charge on any atom is 0.0221 e. The van der Waals surface area contributed by atoms with E-state index in [0.717, 1.165) is 12.6 Å². The fourth-order valence-corrected chi connectivity index (χ4v) is 3.35. The fourth-order valence-electron chi connectivity index (χ4n) is 3.35. The average molecular weight is 297 g/mol. The first-order valence-corrected chi connectivity index (χ1v) is 8.84. The molecule has 124 valence electrons. The molecule has 0 radical (unpaired) electrons. The number of hydrogen-bond donors (Lipinski definition) is 1. The molecule has 0 amide bonds. The van der Waals surface area contributed by atoms with Gasteiger partial charge in [0.15, 0.2) is 0 Å². The average Bonchev–Trinajstić information content (AvgIpc) is 2.44.